The van der Waals surface area contributed by atoms with Crippen LogP contribution in [0.2, 0.25) is 0 Å². The van der Waals surface area contributed by atoms with E-state index in [-0.39, 0.29) is 11.8 Å². The number of fused-ring (bicyclic) bond motifs is 2. The predicted molar refractivity (Wildman–Crippen MR) is 116 cm³/mol. The van der Waals surface area contributed by atoms with Crippen molar-refractivity contribution >= 4 is 33.4 Å². The molecule has 1 saturated carbocycles. The summed E-state index contributed by atoms with van der Waals surface area (Å²) in [4.78, 5) is 24.0. The van der Waals surface area contributed by atoms with Crippen molar-refractivity contribution in [2.24, 2.45) is 5.92 Å². The van der Waals surface area contributed by atoms with Gasteiger partial charge in [-0.2, -0.15) is 5.10 Å². The van der Waals surface area contributed by atoms with Gasteiger partial charge in [0.15, 0.2) is 0 Å². The third-order valence-corrected chi connectivity index (χ3v) is 5.53. The number of aromatic nitrogens is 5. The van der Waals surface area contributed by atoms with E-state index in [2.05, 4.69) is 42.6 Å². The van der Waals surface area contributed by atoms with Gasteiger partial charge in [0.05, 0.1) is 34.8 Å². The van der Waals surface area contributed by atoms with Gasteiger partial charge in [-0.1, -0.05) is 6.07 Å². The Kier molecular flexibility index (Phi) is 3.67. The highest BCUT2D eigenvalue weighted by atomic mass is 16.2. The van der Waals surface area contributed by atoms with Gasteiger partial charge in [-0.3, -0.25) is 19.9 Å². The third kappa shape index (κ3) is 2.91. The van der Waals surface area contributed by atoms with Crippen LogP contribution in [0.5, 0.6) is 0 Å². The molecule has 146 valence electrons. The molecule has 7 heteroatoms. The van der Waals surface area contributed by atoms with Crippen molar-refractivity contribution < 1.29 is 4.79 Å². The maximum absolute atomic E-state index is 12.1. The minimum Gasteiger partial charge on any atom is -0.352 e. The fourth-order valence-electron chi connectivity index (χ4n) is 3.75. The Morgan fingerprint density at radius 2 is 1.90 bits per heavy atom. The van der Waals surface area contributed by atoms with Crippen LogP contribution in [0.1, 0.15) is 12.8 Å². The average Bonchev–Trinajstić information content (AvgIpc) is 3.40. The normalized spacial score (nSPS) is 13.7. The van der Waals surface area contributed by atoms with Gasteiger partial charge in [0.2, 0.25) is 5.91 Å². The SMILES string of the molecule is O=C(Nc1cncc(-c2ccc3[nH]nc(-c4cc5ccncc5[nH]4)c3c2)c1)C1CC1. The summed E-state index contributed by atoms with van der Waals surface area (Å²) in [5.41, 5.74) is 6.40. The quantitative estimate of drug-likeness (QED) is 0.417. The van der Waals surface area contributed by atoms with Crippen LogP contribution in [0.15, 0.2) is 61.2 Å². The molecule has 0 atom stereocenters. The number of nitrogens with zero attached hydrogens (tertiary/aromatic N) is 3. The first-order valence-electron chi connectivity index (χ1n) is 9.92. The summed E-state index contributed by atoms with van der Waals surface area (Å²) in [6, 6.07) is 12.2. The van der Waals surface area contributed by atoms with Crippen molar-refractivity contribution in [1.82, 2.24) is 25.1 Å². The molecule has 5 aromatic rings. The summed E-state index contributed by atoms with van der Waals surface area (Å²) in [6.45, 7) is 0. The monoisotopic (exact) mass is 394 g/mol. The molecular weight excluding hydrogens is 376 g/mol. The van der Waals surface area contributed by atoms with Gasteiger partial charge in [-0.25, -0.2) is 0 Å². The molecule has 1 amide bonds. The van der Waals surface area contributed by atoms with Gasteiger partial charge < -0.3 is 10.3 Å². The molecule has 0 bridgehead atoms. The molecule has 3 N–H and O–H groups in total. The number of nitrogens with one attached hydrogen (secondary N) is 3. The van der Waals surface area contributed by atoms with E-state index in [0.29, 0.717) is 0 Å². The van der Waals surface area contributed by atoms with E-state index in [9.17, 15) is 4.79 Å². The first-order valence-corrected chi connectivity index (χ1v) is 9.92. The van der Waals surface area contributed by atoms with Crippen molar-refractivity contribution in [3.8, 4) is 22.5 Å². The molecule has 4 aromatic heterocycles. The van der Waals surface area contributed by atoms with Crippen LogP contribution in [0.4, 0.5) is 5.69 Å². The Bertz CT molecular complexity index is 1380. The number of rotatable bonds is 4. The van der Waals surface area contributed by atoms with E-state index in [1.807, 2.05) is 36.7 Å². The second-order valence-electron chi connectivity index (χ2n) is 7.70. The maximum atomic E-state index is 12.1. The van der Waals surface area contributed by atoms with E-state index < -0.39 is 0 Å². The van der Waals surface area contributed by atoms with E-state index in [0.717, 1.165) is 62.8 Å². The minimum absolute atomic E-state index is 0.0785. The van der Waals surface area contributed by atoms with Gasteiger partial charge in [-0.15, -0.1) is 0 Å². The Balaban J connectivity index is 1.40. The van der Waals surface area contributed by atoms with Crippen LogP contribution in [0, 0.1) is 5.92 Å². The number of benzene rings is 1. The Hall–Kier alpha value is -4.00. The number of hydrogen-bond donors (Lipinski definition) is 3. The first kappa shape index (κ1) is 16.9. The van der Waals surface area contributed by atoms with Gasteiger partial charge in [-0.05, 0) is 48.7 Å². The minimum atomic E-state index is 0.0785. The third-order valence-electron chi connectivity index (χ3n) is 5.53. The number of hydrogen-bond acceptors (Lipinski definition) is 4. The zero-order chi connectivity index (χ0) is 20.1. The van der Waals surface area contributed by atoms with Gasteiger partial charge in [0, 0.05) is 34.6 Å². The first-order chi connectivity index (χ1) is 14.7. The van der Waals surface area contributed by atoms with E-state index >= 15 is 0 Å². The number of pyridine rings is 2. The van der Waals surface area contributed by atoms with Crippen LogP contribution in [0.25, 0.3) is 44.3 Å². The maximum Gasteiger partial charge on any atom is 0.227 e. The zero-order valence-electron chi connectivity index (χ0n) is 16.0. The smallest absolute Gasteiger partial charge is 0.227 e. The van der Waals surface area contributed by atoms with Crippen molar-refractivity contribution in [2.45, 2.75) is 12.8 Å². The van der Waals surface area contributed by atoms with Gasteiger partial charge >= 0.3 is 0 Å². The number of H-pyrrole nitrogens is 2. The van der Waals surface area contributed by atoms with E-state index in [1.54, 1.807) is 12.4 Å². The number of aromatic amines is 2. The van der Waals surface area contributed by atoms with Crippen molar-refractivity contribution in [3.05, 3.63) is 61.2 Å². The van der Waals surface area contributed by atoms with Gasteiger partial charge in [0.1, 0.15) is 5.69 Å². The lowest BCUT2D eigenvalue weighted by atomic mass is 10.0. The molecular formula is C23H18N6O. The average molecular weight is 394 g/mol. The molecule has 0 saturated heterocycles. The summed E-state index contributed by atoms with van der Waals surface area (Å²) in [6.07, 6.45) is 9.03. The number of amides is 1. The van der Waals surface area contributed by atoms with Crippen molar-refractivity contribution in [3.63, 3.8) is 0 Å². The molecule has 0 radical (unpaired) electrons. The fraction of sp³-hybridized carbons (Fsp3) is 0.130. The lowest BCUT2D eigenvalue weighted by molar-refractivity contribution is -0.117. The molecule has 1 fully saturated rings. The molecule has 6 rings (SSSR count). The summed E-state index contributed by atoms with van der Waals surface area (Å²) in [5.74, 6) is 0.236. The Morgan fingerprint density at radius 3 is 2.77 bits per heavy atom. The summed E-state index contributed by atoms with van der Waals surface area (Å²) in [5, 5.41) is 12.7. The van der Waals surface area contributed by atoms with Gasteiger partial charge in [0.25, 0.3) is 0 Å². The molecule has 1 aliphatic rings. The Labute approximate surface area is 171 Å². The summed E-state index contributed by atoms with van der Waals surface area (Å²) in [7, 11) is 0. The second-order valence-corrected chi connectivity index (χ2v) is 7.70. The largest absolute Gasteiger partial charge is 0.352 e. The highest BCUT2D eigenvalue weighted by molar-refractivity contribution is 5.98. The standard InChI is InChI=1S/C23H18N6O/c30-23(13-1-2-13)26-17-7-16(10-25-11-17)14-3-4-19-18(8-14)22(29-28-19)20-9-15-5-6-24-12-21(15)27-20/h3-13,27H,1-2H2,(H,26,30)(H,28,29). The Morgan fingerprint density at radius 1 is 0.967 bits per heavy atom. The van der Waals surface area contributed by atoms with Crippen LogP contribution in [-0.4, -0.2) is 31.1 Å². The highest BCUT2D eigenvalue weighted by Gasteiger charge is 2.29. The molecule has 0 spiro atoms. The topological polar surface area (TPSA) is 99.3 Å². The molecule has 0 aliphatic heterocycles. The zero-order valence-corrected chi connectivity index (χ0v) is 16.0. The fourth-order valence-corrected chi connectivity index (χ4v) is 3.75. The summed E-state index contributed by atoms with van der Waals surface area (Å²) >= 11 is 0. The molecule has 4 heterocycles. The van der Waals surface area contributed by atoms with Crippen LogP contribution in [0.3, 0.4) is 0 Å². The predicted octanol–water partition coefficient (Wildman–Crippen LogP) is 4.52. The lowest BCUT2D eigenvalue weighted by Gasteiger charge is -2.07. The number of carbonyl (C=O) groups is 1. The van der Waals surface area contributed by atoms with Crippen LogP contribution >= 0.6 is 0 Å². The van der Waals surface area contributed by atoms with Crippen LogP contribution < -0.4 is 5.32 Å². The van der Waals surface area contributed by atoms with Crippen molar-refractivity contribution in [1.29, 1.82) is 0 Å². The van der Waals surface area contributed by atoms with E-state index in [1.165, 1.54) is 0 Å². The highest BCUT2D eigenvalue weighted by Crippen LogP contribution is 2.33. The number of anilines is 1. The molecule has 7 nitrogen and oxygen atoms in total. The second kappa shape index (κ2) is 6.52. The molecule has 1 aromatic carbocycles. The number of carbonyl (C=O) groups excluding carboxylic acids is 1. The van der Waals surface area contributed by atoms with Crippen molar-refractivity contribution in [2.75, 3.05) is 5.32 Å². The summed E-state index contributed by atoms with van der Waals surface area (Å²) < 4.78 is 0. The van der Waals surface area contributed by atoms with Crippen LogP contribution in [-0.2, 0) is 4.79 Å². The lowest BCUT2D eigenvalue weighted by Crippen LogP contribution is -2.13. The molecule has 30 heavy (non-hydrogen) atoms. The molecule has 0 unspecified atom stereocenters. The van der Waals surface area contributed by atoms with E-state index in [4.69, 9.17) is 0 Å². The molecule has 1 aliphatic carbocycles.